The summed E-state index contributed by atoms with van der Waals surface area (Å²) in [4.78, 5) is 12.6. The van der Waals surface area contributed by atoms with Crippen LogP contribution in [0.5, 0.6) is 0 Å². The molecular weight excluding hydrogens is 270 g/mol. The Bertz CT molecular complexity index is 615. The number of hydrogen-bond acceptors (Lipinski definition) is 2. The van der Waals surface area contributed by atoms with Crippen LogP contribution in [0.2, 0.25) is 5.02 Å². The normalized spacial score (nSPS) is 11.2. The molecule has 2 aromatic carbocycles. The van der Waals surface area contributed by atoms with Crippen LogP contribution in [0.25, 0.3) is 0 Å². The van der Waals surface area contributed by atoms with E-state index in [1.165, 1.54) is 0 Å². The van der Waals surface area contributed by atoms with Gasteiger partial charge in [-0.25, -0.2) is 0 Å². The summed E-state index contributed by atoms with van der Waals surface area (Å²) in [6.45, 7) is 6.16. The van der Waals surface area contributed by atoms with Crippen molar-refractivity contribution in [2.45, 2.75) is 26.3 Å². The van der Waals surface area contributed by atoms with Gasteiger partial charge in [-0.3, -0.25) is 4.79 Å². The minimum atomic E-state index is -0.125. The minimum Gasteiger partial charge on any atom is -0.380 e. The second-order valence-electron chi connectivity index (χ2n) is 5.76. The molecule has 0 bridgehead atoms. The fraction of sp³-hybridized carbons (Fsp3) is 0.235. The van der Waals surface area contributed by atoms with Gasteiger partial charge in [0.05, 0.1) is 0 Å². The average Bonchev–Trinajstić information content (AvgIpc) is 2.39. The van der Waals surface area contributed by atoms with Crippen LogP contribution >= 0.6 is 11.6 Å². The summed E-state index contributed by atoms with van der Waals surface area (Å²) in [5, 5.41) is 3.91. The summed E-state index contributed by atoms with van der Waals surface area (Å²) in [6.07, 6.45) is 0. The van der Waals surface area contributed by atoms with Crippen LogP contribution in [0.3, 0.4) is 0 Å². The monoisotopic (exact) mass is 287 g/mol. The molecule has 0 aliphatic heterocycles. The van der Waals surface area contributed by atoms with Gasteiger partial charge in [-0.05, 0) is 39.0 Å². The number of nitrogens with one attached hydrogen (secondary N) is 1. The van der Waals surface area contributed by atoms with E-state index >= 15 is 0 Å². The number of anilines is 1. The lowest BCUT2D eigenvalue weighted by Gasteiger charge is -2.24. The molecule has 0 aliphatic carbocycles. The summed E-state index contributed by atoms with van der Waals surface area (Å²) in [7, 11) is 0. The van der Waals surface area contributed by atoms with Crippen LogP contribution in [0.4, 0.5) is 5.69 Å². The highest BCUT2D eigenvalue weighted by Crippen LogP contribution is 2.26. The Balaban J connectivity index is 2.44. The van der Waals surface area contributed by atoms with Crippen LogP contribution in [0.1, 0.15) is 36.7 Å². The number of ketones is 1. The summed E-state index contributed by atoms with van der Waals surface area (Å²) in [5.41, 5.74) is 1.93. The molecule has 0 unspecified atom stereocenters. The molecular formula is C17H18ClNO. The summed E-state index contributed by atoms with van der Waals surface area (Å²) < 4.78 is 0. The van der Waals surface area contributed by atoms with Crippen LogP contribution in [-0.2, 0) is 0 Å². The molecule has 0 saturated heterocycles. The summed E-state index contributed by atoms with van der Waals surface area (Å²) in [5.74, 6) is -0.0279. The first-order valence-corrected chi connectivity index (χ1v) is 6.92. The highest BCUT2D eigenvalue weighted by molar-refractivity contribution is 6.31. The van der Waals surface area contributed by atoms with Crippen molar-refractivity contribution in [3.8, 4) is 0 Å². The van der Waals surface area contributed by atoms with Crippen molar-refractivity contribution in [3.63, 3.8) is 0 Å². The quantitative estimate of drug-likeness (QED) is 0.823. The predicted molar refractivity (Wildman–Crippen MR) is 84.7 cm³/mol. The number of rotatable bonds is 3. The van der Waals surface area contributed by atoms with Gasteiger partial charge in [0.2, 0.25) is 0 Å². The topological polar surface area (TPSA) is 29.1 Å². The standard InChI is InChI=1S/C17H18ClNO/c1-17(2,3)19-15-10-9-13(18)11-14(15)16(20)12-7-5-4-6-8-12/h4-11,19H,1-3H3. The van der Waals surface area contributed by atoms with Gasteiger partial charge in [-0.2, -0.15) is 0 Å². The third kappa shape index (κ3) is 3.61. The number of carbonyl (C=O) groups is 1. The van der Waals surface area contributed by atoms with E-state index in [9.17, 15) is 4.79 Å². The lowest BCUT2D eigenvalue weighted by molar-refractivity contribution is 0.103. The van der Waals surface area contributed by atoms with Crippen molar-refractivity contribution >= 4 is 23.1 Å². The van der Waals surface area contributed by atoms with Crippen molar-refractivity contribution in [3.05, 3.63) is 64.7 Å². The lowest BCUT2D eigenvalue weighted by Crippen LogP contribution is -2.27. The molecule has 0 fully saturated rings. The van der Waals surface area contributed by atoms with Gasteiger partial charge in [-0.15, -0.1) is 0 Å². The van der Waals surface area contributed by atoms with E-state index in [2.05, 4.69) is 26.1 Å². The molecule has 2 rings (SSSR count). The molecule has 0 spiro atoms. The molecule has 0 saturated carbocycles. The highest BCUT2D eigenvalue weighted by atomic mass is 35.5. The van der Waals surface area contributed by atoms with Crippen molar-refractivity contribution < 1.29 is 4.79 Å². The fourth-order valence-corrected chi connectivity index (χ4v) is 2.13. The SMILES string of the molecule is CC(C)(C)Nc1ccc(Cl)cc1C(=O)c1ccccc1. The molecule has 0 amide bonds. The minimum absolute atomic E-state index is 0.0279. The molecule has 0 atom stereocenters. The summed E-state index contributed by atoms with van der Waals surface area (Å²) in [6, 6.07) is 14.6. The first-order chi connectivity index (χ1) is 9.37. The fourth-order valence-electron chi connectivity index (χ4n) is 1.96. The zero-order valence-electron chi connectivity index (χ0n) is 11.9. The molecule has 1 N–H and O–H groups in total. The van der Waals surface area contributed by atoms with Gasteiger partial charge in [-0.1, -0.05) is 41.9 Å². The molecule has 0 radical (unpaired) electrons. The number of carbonyl (C=O) groups excluding carboxylic acids is 1. The van der Waals surface area contributed by atoms with E-state index in [4.69, 9.17) is 11.6 Å². The maximum absolute atomic E-state index is 12.6. The van der Waals surface area contributed by atoms with Crippen molar-refractivity contribution in [2.24, 2.45) is 0 Å². The maximum atomic E-state index is 12.6. The maximum Gasteiger partial charge on any atom is 0.195 e. The van der Waals surface area contributed by atoms with E-state index in [0.29, 0.717) is 16.1 Å². The second-order valence-corrected chi connectivity index (χ2v) is 6.20. The molecule has 20 heavy (non-hydrogen) atoms. The van der Waals surface area contributed by atoms with E-state index in [1.54, 1.807) is 12.1 Å². The van der Waals surface area contributed by atoms with Crippen LogP contribution in [0.15, 0.2) is 48.5 Å². The Kier molecular flexibility index (Phi) is 4.15. The number of benzene rings is 2. The summed E-state index contributed by atoms with van der Waals surface area (Å²) >= 11 is 6.04. The molecule has 2 nitrogen and oxygen atoms in total. The molecule has 3 heteroatoms. The van der Waals surface area contributed by atoms with Crippen LogP contribution in [0, 0.1) is 0 Å². The van der Waals surface area contributed by atoms with Gasteiger partial charge in [0.25, 0.3) is 0 Å². The van der Waals surface area contributed by atoms with E-state index in [1.807, 2.05) is 36.4 Å². The first-order valence-electron chi connectivity index (χ1n) is 6.54. The van der Waals surface area contributed by atoms with Crippen molar-refractivity contribution in [1.82, 2.24) is 0 Å². The van der Waals surface area contributed by atoms with E-state index in [-0.39, 0.29) is 11.3 Å². The van der Waals surface area contributed by atoms with Gasteiger partial charge in [0, 0.05) is 27.4 Å². The van der Waals surface area contributed by atoms with Gasteiger partial charge in [0.15, 0.2) is 5.78 Å². The Hall–Kier alpha value is -1.80. The highest BCUT2D eigenvalue weighted by Gasteiger charge is 2.17. The first kappa shape index (κ1) is 14.6. The molecule has 0 heterocycles. The van der Waals surface area contributed by atoms with Gasteiger partial charge < -0.3 is 5.32 Å². The molecule has 0 aromatic heterocycles. The molecule has 104 valence electrons. The third-order valence-electron chi connectivity index (χ3n) is 2.77. The zero-order valence-corrected chi connectivity index (χ0v) is 12.7. The Morgan fingerprint density at radius 1 is 1.05 bits per heavy atom. The second kappa shape index (κ2) is 5.68. The predicted octanol–water partition coefficient (Wildman–Crippen LogP) is 4.78. The van der Waals surface area contributed by atoms with Crippen LogP contribution < -0.4 is 5.32 Å². The van der Waals surface area contributed by atoms with Gasteiger partial charge in [0.1, 0.15) is 0 Å². The van der Waals surface area contributed by atoms with Crippen LogP contribution in [-0.4, -0.2) is 11.3 Å². The largest absolute Gasteiger partial charge is 0.380 e. The van der Waals surface area contributed by atoms with E-state index < -0.39 is 0 Å². The third-order valence-corrected chi connectivity index (χ3v) is 3.01. The average molecular weight is 288 g/mol. The Morgan fingerprint density at radius 2 is 1.70 bits per heavy atom. The Labute approximate surface area is 124 Å². The zero-order chi connectivity index (χ0) is 14.8. The van der Waals surface area contributed by atoms with Crippen molar-refractivity contribution in [2.75, 3.05) is 5.32 Å². The number of halogens is 1. The molecule has 0 aliphatic rings. The Morgan fingerprint density at radius 3 is 2.30 bits per heavy atom. The van der Waals surface area contributed by atoms with Gasteiger partial charge >= 0.3 is 0 Å². The van der Waals surface area contributed by atoms with E-state index in [0.717, 1.165) is 5.69 Å². The smallest absolute Gasteiger partial charge is 0.195 e. The molecule has 2 aromatic rings. The number of hydrogen-bond donors (Lipinski definition) is 1. The van der Waals surface area contributed by atoms with Crippen molar-refractivity contribution in [1.29, 1.82) is 0 Å². The lowest BCUT2D eigenvalue weighted by atomic mass is 10.00.